The molecule has 1 aromatic rings. The fourth-order valence-corrected chi connectivity index (χ4v) is 1.50. The molecular formula is C11H16FN3O. The van der Waals surface area contributed by atoms with Crippen molar-refractivity contribution < 1.29 is 9.60 Å². The van der Waals surface area contributed by atoms with Crippen molar-refractivity contribution >= 4 is 6.21 Å². The Labute approximate surface area is 94.4 Å². The molecule has 0 radical (unpaired) electrons. The lowest BCUT2D eigenvalue weighted by Gasteiger charge is -2.18. The van der Waals surface area contributed by atoms with Crippen LogP contribution in [0.3, 0.4) is 0 Å². The van der Waals surface area contributed by atoms with Gasteiger partial charge in [-0.2, -0.15) is 4.39 Å². The summed E-state index contributed by atoms with van der Waals surface area (Å²) >= 11 is 0. The lowest BCUT2D eigenvalue weighted by atomic mass is 10.1. The molecule has 5 heteroatoms. The maximum absolute atomic E-state index is 13.4. The van der Waals surface area contributed by atoms with E-state index in [1.165, 1.54) is 6.20 Å². The predicted molar refractivity (Wildman–Crippen MR) is 60.2 cm³/mol. The minimum absolute atomic E-state index is 0.247. The average molecular weight is 225 g/mol. The number of nitrogens with zero attached hydrogens (tertiary/aromatic N) is 3. The predicted octanol–water partition coefficient (Wildman–Crippen LogP) is 1.87. The third kappa shape index (κ3) is 3.00. The molecule has 0 spiro atoms. The number of oxime groups is 1. The Morgan fingerprint density at radius 1 is 1.50 bits per heavy atom. The molecule has 0 aromatic carbocycles. The number of rotatable bonds is 5. The van der Waals surface area contributed by atoms with E-state index in [9.17, 15) is 4.39 Å². The Morgan fingerprint density at radius 3 is 2.75 bits per heavy atom. The summed E-state index contributed by atoms with van der Waals surface area (Å²) in [5, 5.41) is 11.3. The summed E-state index contributed by atoms with van der Waals surface area (Å²) in [6, 6.07) is 1.73. The van der Waals surface area contributed by atoms with Gasteiger partial charge in [-0.3, -0.25) is 4.90 Å². The zero-order valence-corrected chi connectivity index (χ0v) is 9.52. The first kappa shape index (κ1) is 12.6. The van der Waals surface area contributed by atoms with E-state index in [2.05, 4.69) is 15.0 Å². The molecular weight excluding hydrogens is 209 g/mol. The van der Waals surface area contributed by atoms with E-state index in [0.717, 1.165) is 24.9 Å². The van der Waals surface area contributed by atoms with E-state index in [1.54, 1.807) is 6.07 Å². The lowest BCUT2D eigenvalue weighted by molar-refractivity contribution is 0.294. The highest BCUT2D eigenvalue weighted by molar-refractivity contribution is 5.81. The van der Waals surface area contributed by atoms with E-state index in [4.69, 9.17) is 5.21 Å². The number of pyridine rings is 1. The number of hydrogen-bond donors (Lipinski definition) is 1. The second kappa shape index (κ2) is 6.17. The zero-order chi connectivity index (χ0) is 12.0. The molecule has 0 fully saturated rings. The molecule has 0 aliphatic carbocycles. The van der Waals surface area contributed by atoms with Crippen LogP contribution in [0.4, 0.5) is 4.39 Å². The van der Waals surface area contributed by atoms with Gasteiger partial charge < -0.3 is 5.21 Å². The Kier molecular flexibility index (Phi) is 4.85. The summed E-state index contributed by atoms with van der Waals surface area (Å²) in [5.41, 5.74) is 1.02. The Morgan fingerprint density at radius 2 is 2.19 bits per heavy atom. The molecule has 0 amide bonds. The third-order valence-corrected chi connectivity index (χ3v) is 2.51. The molecule has 16 heavy (non-hydrogen) atoms. The highest BCUT2D eigenvalue weighted by Crippen LogP contribution is 2.11. The zero-order valence-electron chi connectivity index (χ0n) is 9.52. The van der Waals surface area contributed by atoms with Crippen LogP contribution >= 0.6 is 0 Å². The van der Waals surface area contributed by atoms with Gasteiger partial charge in [-0.1, -0.05) is 19.0 Å². The molecule has 0 atom stereocenters. The number of aromatic nitrogens is 1. The van der Waals surface area contributed by atoms with Crippen LogP contribution in [-0.4, -0.2) is 34.4 Å². The van der Waals surface area contributed by atoms with Crippen molar-refractivity contribution in [1.29, 1.82) is 0 Å². The molecule has 0 unspecified atom stereocenters. The molecule has 0 saturated heterocycles. The summed E-state index contributed by atoms with van der Waals surface area (Å²) < 4.78 is 13.4. The molecule has 88 valence electrons. The van der Waals surface area contributed by atoms with Crippen molar-refractivity contribution in [3.8, 4) is 0 Å². The highest BCUT2D eigenvalue weighted by atomic mass is 19.1. The van der Waals surface area contributed by atoms with Crippen molar-refractivity contribution in [3.63, 3.8) is 0 Å². The van der Waals surface area contributed by atoms with Gasteiger partial charge in [0.2, 0.25) is 5.95 Å². The molecule has 0 bridgehead atoms. The molecule has 4 nitrogen and oxygen atoms in total. The largest absolute Gasteiger partial charge is 0.411 e. The molecule has 0 saturated carbocycles. The van der Waals surface area contributed by atoms with Crippen molar-refractivity contribution in [2.75, 3.05) is 13.1 Å². The van der Waals surface area contributed by atoms with E-state index in [1.807, 2.05) is 13.8 Å². The third-order valence-electron chi connectivity index (χ3n) is 2.51. The molecule has 1 rings (SSSR count). The molecule has 0 aliphatic rings. The monoisotopic (exact) mass is 225 g/mol. The van der Waals surface area contributed by atoms with Crippen molar-refractivity contribution in [2.45, 2.75) is 20.4 Å². The van der Waals surface area contributed by atoms with Gasteiger partial charge in [0.15, 0.2) is 0 Å². The van der Waals surface area contributed by atoms with Gasteiger partial charge in [0.1, 0.15) is 0 Å². The van der Waals surface area contributed by atoms with Crippen LogP contribution < -0.4 is 0 Å². The minimum atomic E-state index is -0.609. The van der Waals surface area contributed by atoms with Gasteiger partial charge in [0.05, 0.1) is 11.8 Å². The van der Waals surface area contributed by atoms with Crippen LogP contribution in [0, 0.1) is 5.95 Å². The van der Waals surface area contributed by atoms with Gasteiger partial charge in [0.25, 0.3) is 0 Å². The first-order chi connectivity index (χ1) is 7.72. The Bertz CT molecular complexity index is 364. The first-order valence-corrected chi connectivity index (χ1v) is 5.26. The lowest BCUT2D eigenvalue weighted by Crippen LogP contribution is -2.23. The summed E-state index contributed by atoms with van der Waals surface area (Å²) in [6.45, 7) is 6.47. The molecule has 1 aromatic heterocycles. The van der Waals surface area contributed by atoms with Crippen LogP contribution in [0.15, 0.2) is 17.4 Å². The first-order valence-electron chi connectivity index (χ1n) is 5.26. The fraction of sp³-hybridized carbons (Fsp3) is 0.455. The van der Waals surface area contributed by atoms with Crippen LogP contribution in [0.5, 0.6) is 0 Å². The van der Waals surface area contributed by atoms with Gasteiger partial charge in [0, 0.05) is 12.7 Å². The Hall–Kier alpha value is -1.49. The van der Waals surface area contributed by atoms with Crippen LogP contribution in [0.1, 0.15) is 25.0 Å². The summed E-state index contributed by atoms with van der Waals surface area (Å²) in [6.07, 6.45) is 2.50. The molecule has 0 aliphatic heterocycles. The Balaban J connectivity index is 2.98. The summed E-state index contributed by atoms with van der Waals surface area (Å²) in [5.74, 6) is -0.609. The van der Waals surface area contributed by atoms with Crippen molar-refractivity contribution in [3.05, 3.63) is 29.3 Å². The molecule has 1 heterocycles. The van der Waals surface area contributed by atoms with E-state index < -0.39 is 5.95 Å². The minimum Gasteiger partial charge on any atom is -0.411 e. The maximum atomic E-state index is 13.4. The number of halogens is 1. The van der Waals surface area contributed by atoms with Gasteiger partial charge in [-0.05, 0) is 24.7 Å². The topological polar surface area (TPSA) is 48.7 Å². The van der Waals surface area contributed by atoms with E-state index in [-0.39, 0.29) is 5.56 Å². The van der Waals surface area contributed by atoms with Crippen LogP contribution in [0.25, 0.3) is 0 Å². The summed E-state index contributed by atoms with van der Waals surface area (Å²) in [7, 11) is 0. The second-order valence-corrected chi connectivity index (χ2v) is 3.38. The quantitative estimate of drug-likeness (QED) is 0.360. The van der Waals surface area contributed by atoms with Crippen LogP contribution in [0.2, 0.25) is 0 Å². The van der Waals surface area contributed by atoms with E-state index >= 15 is 0 Å². The summed E-state index contributed by atoms with van der Waals surface area (Å²) in [4.78, 5) is 5.67. The maximum Gasteiger partial charge on any atom is 0.222 e. The average Bonchev–Trinajstić information content (AvgIpc) is 2.30. The highest BCUT2D eigenvalue weighted by Gasteiger charge is 2.10. The normalized spacial score (nSPS) is 11.5. The van der Waals surface area contributed by atoms with Crippen LogP contribution in [-0.2, 0) is 6.54 Å². The number of hydrogen-bond acceptors (Lipinski definition) is 4. The van der Waals surface area contributed by atoms with Gasteiger partial charge >= 0.3 is 0 Å². The van der Waals surface area contributed by atoms with Gasteiger partial charge in [-0.15, -0.1) is 0 Å². The van der Waals surface area contributed by atoms with Crippen molar-refractivity contribution in [1.82, 2.24) is 9.88 Å². The van der Waals surface area contributed by atoms with E-state index in [0.29, 0.717) is 6.54 Å². The molecule has 1 N–H and O–H groups in total. The van der Waals surface area contributed by atoms with Crippen molar-refractivity contribution in [2.24, 2.45) is 5.16 Å². The van der Waals surface area contributed by atoms with Gasteiger partial charge in [-0.25, -0.2) is 4.98 Å². The SMILES string of the molecule is CCN(CC)Cc1ccnc(F)c1/C=N/O. The fourth-order valence-electron chi connectivity index (χ4n) is 1.50. The second-order valence-electron chi connectivity index (χ2n) is 3.38. The standard InChI is InChI=1S/C11H16FN3O/c1-3-15(4-2)8-9-5-6-13-11(12)10(9)7-14-16/h5-7,16H,3-4,8H2,1-2H3/b14-7+. The smallest absolute Gasteiger partial charge is 0.222 e.